The van der Waals surface area contributed by atoms with Crippen molar-refractivity contribution < 1.29 is 14.3 Å². The van der Waals surface area contributed by atoms with Gasteiger partial charge in [0.25, 0.3) is 0 Å². The fraction of sp³-hybridized carbons (Fsp3) is 0.562. The molecule has 0 atom stereocenters. The van der Waals surface area contributed by atoms with Gasteiger partial charge in [-0.05, 0) is 30.5 Å². The molecule has 122 valence electrons. The van der Waals surface area contributed by atoms with E-state index in [1.165, 1.54) is 0 Å². The summed E-state index contributed by atoms with van der Waals surface area (Å²) >= 11 is 3.49. The van der Waals surface area contributed by atoms with E-state index >= 15 is 0 Å². The molecule has 1 amide bonds. The Labute approximate surface area is 139 Å². The Morgan fingerprint density at radius 2 is 1.82 bits per heavy atom. The molecule has 1 saturated carbocycles. The summed E-state index contributed by atoms with van der Waals surface area (Å²) in [4.78, 5) is 12.4. The fourth-order valence-corrected chi connectivity index (χ4v) is 3.26. The van der Waals surface area contributed by atoms with Crippen LogP contribution in [-0.2, 0) is 11.3 Å². The number of halogens is 1. The molecule has 0 unspecified atom stereocenters. The molecule has 0 aliphatic heterocycles. The van der Waals surface area contributed by atoms with Crippen molar-refractivity contribution in [2.75, 3.05) is 14.2 Å². The normalized spacial score (nSPS) is 16.9. The number of rotatable bonds is 5. The van der Waals surface area contributed by atoms with Crippen molar-refractivity contribution in [3.63, 3.8) is 0 Å². The van der Waals surface area contributed by atoms with E-state index in [9.17, 15) is 4.79 Å². The molecule has 1 aromatic carbocycles. The van der Waals surface area contributed by atoms with Crippen molar-refractivity contribution >= 4 is 21.8 Å². The second-order valence-electron chi connectivity index (χ2n) is 5.70. The Kier molecular flexibility index (Phi) is 5.69. The third-order valence-corrected chi connectivity index (χ3v) is 4.93. The number of carbonyl (C=O) groups is 1. The Morgan fingerprint density at radius 1 is 1.23 bits per heavy atom. The van der Waals surface area contributed by atoms with E-state index in [-0.39, 0.29) is 5.91 Å². The molecule has 3 N–H and O–H groups in total. The van der Waals surface area contributed by atoms with Crippen LogP contribution in [0.5, 0.6) is 11.5 Å². The van der Waals surface area contributed by atoms with Crippen LogP contribution in [0.1, 0.15) is 37.7 Å². The number of hydrogen-bond acceptors (Lipinski definition) is 4. The Morgan fingerprint density at radius 3 is 2.41 bits per heavy atom. The fourth-order valence-electron chi connectivity index (χ4n) is 2.79. The van der Waals surface area contributed by atoms with Crippen LogP contribution in [-0.4, -0.2) is 25.7 Å². The van der Waals surface area contributed by atoms with Gasteiger partial charge in [0.15, 0.2) is 11.5 Å². The molecule has 1 aliphatic carbocycles. The summed E-state index contributed by atoms with van der Waals surface area (Å²) in [7, 11) is 3.18. The van der Waals surface area contributed by atoms with Crippen LogP contribution in [0.3, 0.4) is 0 Å². The largest absolute Gasteiger partial charge is 0.493 e. The molecule has 0 heterocycles. The van der Waals surface area contributed by atoms with Gasteiger partial charge in [-0.1, -0.05) is 35.2 Å². The van der Waals surface area contributed by atoms with Gasteiger partial charge >= 0.3 is 0 Å². The minimum atomic E-state index is -0.721. The molecular weight excluding hydrogens is 348 g/mol. The van der Waals surface area contributed by atoms with E-state index in [2.05, 4.69) is 21.2 Å². The van der Waals surface area contributed by atoms with Crippen molar-refractivity contribution in [1.82, 2.24) is 5.32 Å². The number of amides is 1. The highest BCUT2D eigenvalue weighted by atomic mass is 79.9. The lowest BCUT2D eigenvalue weighted by Gasteiger charge is -2.31. The topological polar surface area (TPSA) is 73.6 Å². The third kappa shape index (κ3) is 3.73. The summed E-state index contributed by atoms with van der Waals surface area (Å²) in [6, 6.07) is 3.69. The first kappa shape index (κ1) is 17.1. The predicted octanol–water partition coefficient (Wildman–Crippen LogP) is 2.74. The third-order valence-electron chi connectivity index (χ3n) is 4.19. The zero-order valence-electron chi connectivity index (χ0n) is 13.1. The van der Waals surface area contributed by atoms with Crippen LogP contribution in [0.15, 0.2) is 16.6 Å². The minimum Gasteiger partial charge on any atom is -0.493 e. The van der Waals surface area contributed by atoms with E-state index in [1.54, 1.807) is 14.2 Å². The maximum absolute atomic E-state index is 12.4. The molecule has 0 saturated heterocycles. The van der Waals surface area contributed by atoms with Crippen LogP contribution in [0.4, 0.5) is 0 Å². The van der Waals surface area contributed by atoms with E-state index < -0.39 is 5.54 Å². The van der Waals surface area contributed by atoms with Crippen molar-refractivity contribution in [3.8, 4) is 11.5 Å². The Bertz CT molecular complexity index is 542. The van der Waals surface area contributed by atoms with Crippen molar-refractivity contribution in [1.29, 1.82) is 0 Å². The second kappa shape index (κ2) is 7.33. The predicted molar refractivity (Wildman–Crippen MR) is 89.1 cm³/mol. The molecule has 0 bridgehead atoms. The number of nitrogens with one attached hydrogen (secondary N) is 1. The van der Waals surface area contributed by atoms with Gasteiger partial charge < -0.3 is 20.5 Å². The molecule has 6 heteroatoms. The van der Waals surface area contributed by atoms with Crippen molar-refractivity contribution in [3.05, 3.63) is 22.2 Å². The summed E-state index contributed by atoms with van der Waals surface area (Å²) in [5.41, 5.74) is 6.44. The molecule has 1 aromatic rings. The molecule has 0 spiro atoms. The lowest BCUT2D eigenvalue weighted by molar-refractivity contribution is -0.127. The van der Waals surface area contributed by atoms with E-state index in [4.69, 9.17) is 15.2 Å². The molecule has 0 aromatic heterocycles. The first-order valence-corrected chi connectivity index (χ1v) is 8.27. The summed E-state index contributed by atoms with van der Waals surface area (Å²) in [5, 5.41) is 2.95. The Balaban J connectivity index is 2.06. The molecule has 0 radical (unpaired) electrons. The van der Waals surface area contributed by atoms with Crippen molar-refractivity contribution in [2.24, 2.45) is 5.73 Å². The average Bonchev–Trinajstić information content (AvgIpc) is 2.53. The molecule has 1 fully saturated rings. The molecule has 22 heavy (non-hydrogen) atoms. The van der Waals surface area contributed by atoms with E-state index in [0.29, 0.717) is 18.0 Å². The summed E-state index contributed by atoms with van der Waals surface area (Å²) in [5.74, 6) is 1.20. The number of nitrogens with two attached hydrogens (primary N) is 1. The van der Waals surface area contributed by atoms with Gasteiger partial charge in [0.2, 0.25) is 5.91 Å². The number of carbonyl (C=O) groups excluding carboxylic acids is 1. The lowest BCUT2D eigenvalue weighted by atomic mass is 9.82. The highest BCUT2D eigenvalue weighted by molar-refractivity contribution is 9.10. The van der Waals surface area contributed by atoms with E-state index in [1.807, 2.05) is 12.1 Å². The van der Waals surface area contributed by atoms with E-state index in [0.717, 1.165) is 42.1 Å². The highest BCUT2D eigenvalue weighted by Gasteiger charge is 2.35. The first-order valence-electron chi connectivity index (χ1n) is 7.48. The number of methoxy groups -OCH3 is 2. The standard InChI is InChI=1S/C16H23BrN2O3/c1-21-13-8-11(12(17)9-14(13)22-2)10-19-15(20)16(18)6-4-3-5-7-16/h8-9H,3-7,10,18H2,1-2H3,(H,19,20). The average molecular weight is 371 g/mol. The monoisotopic (exact) mass is 370 g/mol. The van der Waals surface area contributed by atoms with Crippen molar-refractivity contribution in [2.45, 2.75) is 44.2 Å². The lowest BCUT2D eigenvalue weighted by Crippen LogP contribution is -2.54. The second-order valence-corrected chi connectivity index (χ2v) is 6.55. The van der Waals surface area contributed by atoms with Crippen LogP contribution in [0.25, 0.3) is 0 Å². The minimum absolute atomic E-state index is 0.0751. The van der Waals surface area contributed by atoms with Gasteiger partial charge in [0, 0.05) is 11.0 Å². The summed E-state index contributed by atoms with van der Waals surface area (Å²) < 4.78 is 11.4. The van der Waals surface area contributed by atoms with Gasteiger partial charge in [0.1, 0.15) is 0 Å². The van der Waals surface area contributed by atoms with Crippen LogP contribution in [0.2, 0.25) is 0 Å². The van der Waals surface area contributed by atoms with Gasteiger partial charge in [0.05, 0.1) is 19.8 Å². The molecular formula is C16H23BrN2O3. The highest BCUT2D eigenvalue weighted by Crippen LogP contribution is 2.33. The summed E-state index contributed by atoms with van der Waals surface area (Å²) in [6.45, 7) is 0.402. The zero-order valence-corrected chi connectivity index (χ0v) is 14.7. The molecule has 1 aliphatic rings. The maximum Gasteiger partial charge on any atom is 0.240 e. The quantitative estimate of drug-likeness (QED) is 0.835. The first-order chi connectivity index (χ1) is 10.5. The van der Waals surface area contributed by atoms with Gasteiger partial charge in [-0.25, -0.2) is 0 Å². The molecule has 2 rings (SSSR count). The maximum atomic E-state index is 12.4. The SMILES string of the molecule is COc1cc(Br)c(CNC(=O)C2(N)CCCCC2)cc1OC. The summed E-state index contributed by atoms with van der Waals surface area (Å²) in [6.07, 6.45) is 4.71. The number of ether oxygens (including phenoxy) is 2. The smallest absolute Gasteiger partial charge is 0.240 e. The van der Waals surface area contributed by atoms with Gasteiger partial charge in [-0.15, -0.1) is 0 Å². The number of hydrogen-bond donors (Lipinski definition) is 2. The molecule has 5 nitrogen and oxygen atoms in total. The Hall–Kier alpha value is -1.27. The van der Waals surface area contributed by atoms with Crippen LogP contribution in [0, 0.1) is 0 Å². The van der Waals surface area contributed by atoms with Gasteiger partial charge in [-0.3, -0.25) is 4.79 Å². The van der Waals surface area contributed by atoms with Crippen LogP contribution < -0.4 is 20.5 Å². The van der Waals surface area contributed by atoms with Crippen LogP contribution >= 0.6 is 15.9 Å². The number of benzene rings is 1. The van der Waals surface area contributed by atoms with Gasteiger partial charge in [-0.2, -0.15) is 0 Å². The zero-order chi connectivity index (χ0) is 16.2.